The van der Waals surface area contributed by atoms with Crippen molar-refractivity contribution < 1.29 is 17.9 Å². The summed E-state index contributed by atoms with van der Waals surface area (Å²) in [6.45, 7) is 0. The Labute approximate surface area is 186 Å². The van der Waals surface area contributed by atoms with Gasteiger partial charge in [-0.3, -0.25) is 0 Å². The number of hydrogen-bond acceptors (Lipinski definition) is 5. The van der Waals surface area contributed by atoms with Gasteiger partial charge < -0.3 is 15.0 Å². The molecule has 0 spiro atoms. The number of imidazole rings is 1. The average molecular weight is 447 g/mol. The van der Waals surface area contributed by atoms with E-state index >= 15 is 0 Å². The molecule has 0 aliphatic heterocycles. The molecule has 5 aromatic rings. The van der Waals surface area contributed by atoms with Crippen LogP contribution in [0.2, 0.25) is 0 Å². The first kappa shape index (κ1) is 20.5. The predicted molar refractivity (Wildman–Crippen MR) is 119 cm³/mol. The molecule has 164 valence electrons. The molecular formula is C24H16F3N5O. The lowest BCUT2D eigenvalue weighted by molar-refractivity contribution is -0.274. The third-order valence-electron chi connectivity index (χ3n) is 4.86. The summed E-state index contributed by atoms with van der Waals surface area (Å²) < 4.78 is 41.4. The third-order valence-corrected chi connectivity index (χ3v) is 4.86. The molecule has 0 bridgehead atoms. The molecule has 0 saturated carbocycles. The molecular weight excluding hydrogens is 431 g/mol. The van der Waals surface area contributed by atoms with E-state index < -0.39 is 6.36 Å². The Hall–Kier alpha value is -4.40. The number of anilines is 2. The molecule has 0 atom stereocenters. The smallest absolute Gasteiger partial charge is 0.406 e. The topological polar surface area (TPSA) is 75.7 Å². The number of aromatic nitrogens is 4. The summed E-state index contributed by atoms with van der Waals surface area (Å²) in [6, 6.07) is 23.1. The molecule has 0 radical (unpaired) electrons. The van der Waals surface area contributed by atoms with Gasteiger partial charge in [0.05, 0.1) is 16.7 Å². The molecule has 0 amide bonds. The van der Waals surface area contributed by atoms with Crippen molar-refractivity contribution >= 4 is 22.4 Å². The third kappa shape index (κ3) is 4.77. The van der Waals surface area contributed by atoms with Crippen LogP contribution < -0.4 is 10.1 Å². The van der Waals surface area contributed by atoms with Crippen LogP contribution in [-0.4, -0.2) is 26.5 Å². The maximum atomic E-state index is 12.5. The Morgan fingerprint density at radius 2 is 1.67 bits per heavy atom. The first-order valence-electron chi connectivity index (χ1n) is 9.94. The molecule has 33 heavy (non-hydrogen) atoms. The summed E-state index contributed by atoms with van der Waals surface area (Å²) in [7, 11) is 0. The fourth-order valence-corrected chi connectivity index (χ4v) is 3.41. The summed E-state index contributed by atoms with van der Waals surface area (Å²) in [5, 5.41) is 11.3. The zero-order chi connectivity index (χ0) is 22.8. The minimum atomic E-state index is -4.75. The van der Waals surface area contributed by atoms with Crippen molar-refractivity contribution in [2.24, 2.45) is 0 Å². The quantitative estimate of drug-likeness (QED) is 0.329. The van der Waals surface area contributed by atoms with Crippen molar-refractivity contribution in [2.75, 3.05) is 5.32 Å². The van der Waals surface area contributed by atoms with Crippen LogP contribution in [-0.2, 0) is 0 Å². The minimum Gasteiger partial charge on any atom is -0.406 e. The molecule has 0 unspecified atom stereocenters. The molecule has 3 aromatic carbocycles. The molecule has 2 heterocycles. The highest BCUT2D eigenvalue weighted by molar-refractivity contribution is 5.81. The molecule has 2 N–H and O–H groups in total. The number of benzene rings is 3. The van der Waals surface area contributed by atoms with Gasteiger partial charge in [0.1, 0.15) is 11.6 Å². The predicted octanol–water partition coefficient (Wildman–Crippen LogP) is 6.33. The number of hydrogen-bond donors (Lipinski definition) is 2. The summed E-state index contributed by atoms with van der Waals surface area (Å²) in [4.78, 5) is 7.54. The van der Waals surface area contributed by atoms with Gasteiger partial charge in [0.15, 0.2) is 0 Å². The van der Waals surface area contributed by atoms with E-state index in [0.29, 0.717) is 16.9 Å². The fraction of sp³-hybridized carbons (Fsp3) is 0.0417. The van der Waals surface area contributed by atoms with Gasteiger partial charge in [0.25, 0.3) is 0 Å². The summed E-state index contributed by atoms with van der Waals surface area (Å²) >= 11 is 0. The van der Waals surface area contributed by atoms with E-state index in [2.05, 4.69) is 30.2 Å². The van der Waals surface area contributed by atoms with Gasteiger partial charge >= 0.3 is 6.36 Å². The highest BCUT2D eigenvalue weighted by Gasteiger charge is 2.31. The van der Waals surface area contributed by atoms with E-state index in [1.165, 1.54) is 18.2 Å². The van der Waals surface area contributed by atoms with E-state index in [-0.39, 0.29) is 5.75 Å². The fourth-order valence-electron chi connectivity index (χ4n) is 3.41. The van der Waals surface area contributed by atoms with E-state index in [4.69, 9.17) is 0 Å². The van der Waals surface area contributed by atoms with Gasteiger partial charge in [-0.2, -0.15) is 10.2 Å². The molecule has 0 fully saturated rings. The standard InChI is InChI=1S/C24H16F3N5O/c25-24(26,27)33-19-10-11-21-22(14-19)31-23(30-21)16-3-1-4-18(13-16)29-17-8-6-15(7-9-17)20-5-2-12-28-32-20/h1-14,29H,(H,30,31). The Balaban J connectivity index is 1.36. The molecule has 2 aromatic heterocycles. The molecule has 0 aliphatic rings. The van der Waals surface area contributed by atoms with Crippen LogP contribution in [0.4, 0.5) is 24.5 Å². The van der Waals surface area contributed by atoms with Gasteiger partial charge in [0.2, 0.25) is 0 Å². The van der Waals surface area contributed by atoms with Crippen molar-refractivity contribution in [3.05, 3.63) is 85.1 Å². The molecule has 9 heteroatoms. The minimum absolute atomic E-state index is 0.300. The first-order valence-corrected chi connectivity index (χ1v) is 9.94. The van der Waals surface area contributed by atoms with Gasteiger partial charge in [-0.15, -0.1) is 13.2 Å². The van der Waals surface area contributed by atoms with E-state index in [1.54, 1.807) is 6.20 Å². The molecule has 6 nitrogen and oxygen atoms in total. The van der Waals surface area contributed by atoms with Crippen LogP contribution in [0.3, 0.4) is 0 Å². The van der Waals surface area contributed by atoms with E-state index in [0.717, 1.165) is 28.2 Å². The largest absolute Gasteiger partial charge is 0.573 e. The lowest BCUT2D eigenvalue weighted by atomic mass is 10.1. The van der Waals surface area contributed by atoms with Crippen LogP contribution in [0.1, 0.15) is 0 Å². The lowest BCUT2D eigenvalue weighted by Crippen LogP contribution is -2.16. The summed E-state index contributed by atoms with van der Waals surface area (Å²) in [6.07, 6.45) is -3.12. The van der Waals surface area contributed by atoms with Crippen molar-refractivity contribution in [1.82, 2.24) is 20.2 Å². The Morgan fingerprint density at radius 3 is 2.42 bits per heavy atom. The van der Waals surface area contributed by atoms with Crippen LogP contribution >= 0.6 is 0 Å². The highest BCUT2D eigenvalue weighted by Crippen LogP contribution is 2.29. The monoisotopic (exact) mass is 447 g/mol. The van der Waals surface area contributed by atoms with Gasteiger partial charge in [-0.25, -0.2) is 4.98 Å². The van der Waals surface area contributed by atoms with Gasteiger partial charge in [0, 0.05) is 34.8 Å². The number of H-pyrrole nitrogens is 1. The van der Waals surface area contributed by atoms with Gasteiger partial charge in [-0.05, 0) is 48.5 Å². The van der Waals surface area contributed by atoms with Crippen molar-refractivity contribution in [2.45, 2.75) is 6.36 Å². The molecule has 0 saturated heterocycles. The number of nitrogens with one attached hydrogen (secondary N) is 2. The van der Waals surface area contributed by atoms with E-state index in [9.17, 15) is 13.2 Å². The Bertz CT molecular complexity index is 1400. The van der Waals surface area contributed by atoms with Crippen LogP contribution in [0.15, 0.2) is 85.1 Å². The zero-order valence-electron chi connectivity index (χ0n) is 17.0. The second-order valence-corrected chi connectivity index (χ2v) is 7.20. The van der Waals surface area contributed by atoms with Crippen LogP contribution in [0.25, 0.3) is 33.7 Å². The zero-order valence-corrected chi connectivity index (χ0v) is 17.0. The number of fused-ring (bicyclic) bond motifs is 1. The number of alkyl halides is 3. The number of nitrogens with zero attached hydrogens (tertiary/aromatic N) is 3. The van der Waals surface area contributed by atoms with Crippen molar-refractivity contribution in [3.8, 4) is 28.4 Å². The van der Waals surface area contributed by atoms with Crippen LogP contribution in [0.5, 0.6) is 5.75 Å². The summed E-state index contributed by atoms with van der Waals surface area (Å²) in [5.74, 6) is 0.237. The van der Waals surface area contributed by atoms with E-state index in [1.807, 2.05) is 60.7 Å². The van der Waals surface area contributed by atoms with Gasteiger partial charge in [-0.1, -0.05) is 24.3 Å². The van der Waals surface area contributed by atoms with Crippen LogP contribution in [0, 0.1) is 0 Å². The number of halogens is 3. The Morgan fingerprint density at radius 1 is 0.818 bits per heavy atom. The number of ether oxygens (including phenoxy) is 1. The molecule has 0 aliphatic carbocycles. The van der Waals surface area contributed by atoms with Crippen molar-refractivity contribution in [1.29, 1.82) is 0 Å². The molecule has 5 rings (SSSR count). The average Bonchev–Trinajstić information content (AvgIpc) is 3.23. The maximum absolute atomic E-state index is 12.5. The second kappa shape index (κ2) is 8.27. The highest BCUT2D eigenvalue weighted by atomic mass is 19.4. The lowest BCUT2D eigenvalue weighted by Gasteiger charge is -2.08. The summed E-state index contributed by atoms with van der Waals surface area (Å²) in [5.41, 5.74) is 5.24. The maximum Gasteiger partial charge on any atom is 0.573 e. The number of rotatable bonds is 5. The second-order valence-electron chi connectivity index (χ2n) is 7.20. The number of aromatic amines is 1. The SMILES string of the molecule is FC(F)(F)Oc1ccc2nc(-c3cccc(Nc4ccc(-c5cccnn5)cc4)c3)[nH]c2c1. The first-order chi connectivity index (χ1) is 15.9. The van der Waals surface area contributed by atoms with Crippen molar-refractivity contribution in [3.63, 3.8) is 0 Å². The Kier molecular flexibility index (Phi) is 5.14. The normalized spacial score (nSPS) is 11.5.